The summed E-state index contributed by atoms with van der Waals surface area (Å²) in [5, 5.41) is 18.2. The smallest absolute Gasteiger partial charge is 0.188 e. The van der Waals surface area contributed by atoms with Gasteiger partial charge in [0.05, 0.1) is 19.3 Å². The van der Waals surface area contributed by atoms with Gasteiger partial charge in [0.1, 0.15) is 6.10 Å². The number of hydrogen-bond donors (Lipinski definition) is 2. The van der Waals surface area contributed by atoms with E-state index in [9.17, 15) is 0 Å². The van der Waals surface area contributed by atoms with E-state index in [0.29, 0.717) is 0 Å². The minimum Gasteiger partial charge on any atom is -0.396 e. The zero-order valence-corrected chi connectivity index (χ0v) is 8.34. The molecular weight excluding hydrogens is 188 g/mol. The minimum atomic E-state index is -0.664. The van der Waals surface area contributed by atoms with Crippen LogP contribution in [0.25, 0.3) is 0 Å². The Kier molecular flexibility index (Phi) is 2.53. The maximum atomic E-state index is 9.16. The monoisotopic (exact) mass is 204 g/mol. The maximum Gasteiger partial charge on any atom is 0.188 e. The molecule has 0 aliphatic carbocycles. The molecular formula is C9H16O5. The Morgan fingerprint density at radius 2 is 1.86 bits per heavy atom. The predicted octanol–water partition coefficient (Wildman–Crippen LogP) is -0.536. The molecule has 0 amide bonds. The lowest BCUT2D eigenvalue weighted by molar-refractivity contribution is -0.214. The van der Waals surface area contributed by atoms with Gasteiger partial charge in [0.2, 0.25) is 0 Å². The van der Waals surface area contributed by atoms with Gasteiger partial charge in [0.15, 0.2) is 12.1 Å². The number of fused-ring (bicyclic) bond motifs is 1. The molecule has 14 heavy (non-hydrogen) atoms. The van der Waals surface area contributed by atoms with E-state index < -0.39 is 12.1 Å². The molecule has 0 saturated carbocycles. The molecule has 0 aromatic rings. The van der Waals surface area contributed by atoms with E-state index in [4.69, 9.17) is 24.4 Å². The first kappa shape index (κ1) is 10.3. The largest absolute Gasteiger partial charge is 0.396 e. The van der Waals surface area contributed by atoms with E-state index in [0.717, 1.165) is 0 Å². The van der Waals surface area contributed by atoms with Crippen LogP contribution in [0.5, 0.6) is 0 Å². The Balaban J connectivity index is 2.09. The van der Waals surface area contributed by atoms with Gasteiger partial charge in [-0.1, -0.05) is 0 Å². The first-order chi connectivity index (χ1) is 6.57. The van der Waals surface area contributed by atoms with E-state index in [-0.39, 0.29) is 31.3 Å². The molecule has 0 aromatic carbocycles. The fourth-order valence-electron chi connectivity index (χ4n) is 2.04. The summed E-state index contributed by atoms with van der Waals surface area (Å²) in [5.41, 5.74) is 0. The SMILES string of the molecule is CC1(C)OC2C(CO)[C@@H](CO)O[C@H]2O1. The summed E-state index contributed by atoms with van der Waals surface area (Å²) >= 11 is 0. The molecule has 2 fully saturated rings. The van der Waals surface area contributed by atoms with Crippen LogP contribution in [0.2, 0.25) is 0 Å². The third kappa shape index (κ3) is 1.55. The minimum absolute atomic E-state index is 0.0637. The highest BCUT2D eigenvalue weighted by molar-refractivity contribution is 4.92. The molecule has 2 heterocycles. The lowest BCUT2D eigenvalue weighted by Crippen LogP contribution is -2.33. The van der Waals surface area contributed by atoms with Crippen molar-refractivity contribution in [1.82, 2.24) is 0 Å². The van der Waals surface area contributed by atoms with Crippen molar-refractivity contribution in [2.45, 2.75) is 38.1 Å². The number of aliphatic hydroxyl groups excluding tert-OH is 2. The number of aliphatic hydroxyl groups is 2. The second-order valence-corrected chi connectivity index (χ2v) is 4.17. The molecule has 4 atom stereocenters. The summed E-state index contributed by atoms with van der Waals surface area (Å²) < 4.78 is 16.5. The van der Waals surface area contributed by atoms with Gasteiger partial charge in [0, 0.05) is 5.92 Å². The van der Waals surface area contributed by atoms with Gasteiger partial charge in [-0.3, -0.25) is 0 Å². The third-order valence-electron chi connectivity index (χ3n) is 2.69. The van der Waals surface area contributed by atoms with Crippen LogP contribution in [0.4, 0.5) is 0 Å². The maximum absolute atomic E-state index is 9.16. The van der Waals surface area contributed by atoms with Crippen LogP contribution >= 0.6 is 0 Å². The summed E-state index contributed by atoms with van der Waals surface area (Å²) in [6.07, 6.45) is -1.11. The Morgan fingerprint density at radius 3 is 2.43 bits per heavy atom. The molecule has 0 spiro atoms. The fraction of sp³-hybridized carbons (Fsp3) is 1.00. The molecule has 2 N–H and O–H groups in total. The fourth-order valence-corrected chi connectivity index (χ4v) is 2.04. The van der Waals surface area contributed by atoms with Crippen LogP contribution in [0.15, 0.2) is 0 Å². The average Bonchev–Trinajstić information content (AvgIpc) is 2.55. The highest BCUT2D eigenvalue weighted by Crippen LogP contribution is 2.40. The van der Waals surface area contributed by atoms with Crippen LogP contribution in [-0.4, -0.2) is 47.7 Å². The summed E-state index contributed by atoms with van der Waals surface area (Å²) in [6, 6.07) is 0. The summed E-state index contributed by atoms with van der Waals surface area (Å²) in [6.45, 7) is 3.42. The Bertz CT molecular complexity index is 217. The summed E-state index contributed by atoms with van der Waals surface area (Å²) in [4.78, 5) is 0. The molecule has 82 valence electrons. The average molecular weight is 204 g/mol. The van der Waals surface area contributed by atoms with Crippen molar-refractivity contribution in [3.8, 4) is 0 Å². The van der Waals surface area contributed by atoms with E-state index in [1.165, 1.54) is 0 Å². The second kappa shape index (κ2) is 3.43. The molecule has 5 heteroatoms. The highest BCUT2D eigenvalue weighted by Gasteiger charge is 2.54. The van der Waals surface area contributed by atoms with Crippen molar-refractivity contribution >= 4 is 0 Å². The zero-order chi connectivity index (χ0) is 10.3. The first-order valence-corrected chi connectivity index (χ1v) is 4.80. The standard InChI is InChI=1S/C9H16O5/c1-9(2)13-7-5(3-10)6(4-11)12-8(7)14-9/h5-8,10-11H,3-4H2,1-2H3/t5?,6-,7?,8+/m1/s1. The van der Waals surface area contributed by atoms with Gasteiger partial charge in [-0.05, 0) is 13.8 Å². The number of hydrogen-bond acceptors (Lipinski definition) is 5. The van der Waals surface area contributed by atoms with Crippen molar-refractivity contribution in [3.05, 3.63) is 0 Å². The Hall–Kier alpha value is -0.200. The molecule has 0 bridgehead atoms. The van der Waals surface area contributed by atoms with Crippen molar-refractivity contribution in [1.29, 1.82) is 0 Å². The van der Waals surface area contributed by atoms with Crippen LogP contribution in [0.1, 0.15) is 13.8 Å². The van der Waals surface area contributed by atoms with Gasteiger partial charge in [-0.25, -0.2) is 0 Å². The van der Waals surface area contributed by atoms with Crippen molar-refractivity contribution in [3.63, 3.8) is 0 Å². The van der Waals surface area contributed by atoms with Gasteiger partial charge in [-0.2, -0.15) is 0 Å². The lowest BCUT2D eigenvalue weighted by atomic mass is 10.0. The molecule has 5 nitrogen and oxygen atoms in total. The van der Waals surface area contributed by atoms with E-state index in [1.807, 2.05) is 0 Å². The van der Waals surface area contributed by atoms with Gasteiger partial charge in [-0.15, -0.1) is 0 Å². The van der Waals surface area contributed by atoms with E-state index in [1.54, 1.807) is 13.8 Å². The van der Waals surface area contributed by atoms with Crippen LogP contribution in [-0.2, 0) is 14.2 Å². The Morgan fingerprint density at radius 1 is 1.14 bits per heavy atom. The zero-order valence-electron chi connectivity index (χ0n) is 8.34. The predicted molar refractivity (Wildman–Crippen MR) is 46.4 cm³/mol. The van der Waals surface area contributed by atoms with Crippen molar-refractivity contribution in [2.24, 2.45) is 5.92 Å². The molecule has 0 radical (unpaired) electrons. The number of rotatable bonds is 2. The van der Waals surface area contributed by atoms with Gasteiger partial charge < -0.3 is 24.4 Å². The van der Waals surface area contributed by atoms with E-state index >= 15 is 0 Å². The summed E-state index contributed by atoms with van der Waals surface area (Å²) in [7, 11) is 0. The topological polar surface area (TPSA) is 68.2 Å². The lowest BCUT2D eigenvalue weighted by Gasteiger charge is -2.23. The third-order valence-corrected chi connectivity index (χ3v) is 2.69. The van der Waals surface area contributed by atoms with Gasteiger partial charge >= 0.3 is 0 Å². The molecule has 2 unspecified atom stereocenters. The molecule has 2 saturated heterocycles. The van der Waals surface area contributed by atoms with Crippen LogP contribution in [0, 0.1) is 5.92 Å². The quantitative estimate of drug-likeness (QED) is 0.632. The Labute approximate surface area is 82.6 Å². The van der Waals surface area contributed by atoms with Crippen LogP contribution < -0.4 is 0 Å². The van der Waals surface area contributed by atoms with Crippen molar-refractivity contribution < 1.29 is 24.4 Å². The molecule has 2 aliphatic heterocycles. The number of ether oxygens (including phenoxy) is 3. The normalized spacial score (nSPS) is 45.4. The summed E-state index contributed by atoms with van der Waals surface area (Å²) in [5.74, 6) is -0.866. The molecule has 2 rings (SSSR count). The molecule has 0 aromatic heterocycles. The highest BCUT2D eigenvalue weighted by atomic mass is 16.8. The van der Waals surface area contributed by atoms with Gasteiger partial charge in [0.25, 0.3) is 0 Å². The second-order valence-electron chi connectivity index (χ2n) is 4.17. The first-order valence-electron chi connectivity index (χ1n) is 4.80. The van der Waals surface area contributed by atoms with Crippen molar-refractivity contribution in [2.75, 3.05) is 13.2 Å². The van der Waals surface area contributed by atoms with Crippen LogP contribution in [0.3, 0.4) is 0 Å². The molecule has 2 aliphatic rings. The van der Waals surface area contributed by atoms with E-state index in [2.05, 4.69) is 0 Å².